The van der Waals surface area contributed by atoms with Crippen molar-refractivity contribution in [3.05, 3.63) is 11.9 Å². The average molecular weight is 275 g/mol. The standard InChI is InChI=1S/C15H25N5/c1-3-19(4-2)12-7-8-20(10-12)14-9-13(16)17-15(18-14)11-5-6-11/h9,11-12H,3-8,10H2,1-2H3,(H2,16,17,18). The Kier molecular flexibility index (Phi) is 3.78. The van der Waals surface area contributed by atoms with Crippen molar-refractivity contribution in [2.75, 3.05) is 36.8 Å². The number of likely N-dealkylation sites (N-methyl/N-ethyl adjacent to an activating group) is 1. The van der Waals surface area contributed by atoms with Crippen molar-refractivity contribution in [1.29, 1.82) is 0 Å². The minimum absolute atomic E-state index is 0.554. The lowest BCUT2D eigenvalue weighted by Crippen LogP contribution is -2.37. The van der Waals surface area contributed by atoms with Crippen molar-refractivity contribution in [3.63, 3.8) is 0 Å². The number of nitrogen functional groups attached to an aromatic ring is 1. The Hall–Kier alpha value is -1.36. The molecule has 2 heterocycles. The Bertz CT molecular complexity index is 467. The lowest BCUT2D eigenvalue weighted by Gasteiger charge is -2.26. The molecule has 0 radical (unpaired) electrons. The Morgan fingerprint density at radius 2 is 2.00 bits per heavy atom. The zero-order chi connectivity index (χ0) is 14.1. The molecule has 1 aromatic heterocycles. The van der Waals surface area contributed by atoms with Crippen LogP contribution in [-0.4, -0.2) is 47.1 Å². The molecular weight excluding hydrogens is 250 g/mol. The third kappa shape index (κ3) is 2.73. The third-order valence-corrected chi connectivity index (χ3v) is 4.51. The van der Waals surface area contributed by atoms with Crippen LogP contribution in [0.4, 0.5) is 11.6 Å². The van der Waals surface area contributed by atoms with Gasteiger partial charge in [0.2, 0.25) is 0 Å². The first-order valence-corrected chi connectivity index (χ1v) is 7.84. The largest absolute Gasteiger partial charge is 0.384 e. The summed E-state index contributed by atoms with van der Waals surface area (Å²) in [6.45, 7) is 8.84. The van der Waals surface area contributed by atoms with Gasteiger partial charge < -0.3 is 10.6 Å². The van der Waals surface area contributed by atoms with Crippen molar-refractivity contribution in [3.8, 4) is 0 Å². The molecule has 0 aromatic carbocycles. The molecule has 0 amide bonds. The van der Waals surface area contributed by atoms with Crippen LogP contribution >= 0.6 is 0 Å². The lowest BCUT2D eigenvalue weighted by molar-refractivity contribution is 0.232. The molecule has 2 fully saturated rings. The summed E-state index contributed by atoms with van der Waals surface area (Å²) < 4.78 is 0. The summed E-state index contributed by atoms with van der Waals surface area (Å²) >= 11 is 0. The highest BCUT2D eigenvalue weighted by Gasteiger charge is 2.30. The van der Waals surface area contributed by atoms with Gasteiger partial charge in [-0.05, 0) is 32.4 Å². The highest BCUT2D eigenvalue weighted by atomic mass is 15.3. The van der Waals surface area contributed by atoms with Crippen LogP contribution < -0.4 is 10.6 Å². The number of rotatable bonds is 5. The molecule has 5 heteroatoms. The molecule has 1 unspecified atom stereocenters. The zero-order valence-corrected chi connectivity index (χ0v) is 12.5. The summed E-state index contributed by atoms with van der Waals surface area (Å²) in [4.78, 5) is 14.0. The van der Waals surface area contributed by atoms with Gasteiger partial charge in [0.25, 0.3) is 0 Å². The van der Waals surface area contributed by atoms with E-state index in [1.54, 1.807) is 0 Å². The molecule has 2 aliphatic rings. The number of nitrogens with two attached hydrogens (primary N) is 1. The van der Waals surface area contributed by atoms with Crippen LogP contribution in [-0.2, 0) is 0 Å². The van der Waals surface area contributed by atoms with E-state index < -0.39 is 0 Å². The minimum Gasteiger partial charge on any atom is -0.384 e. The maximum absolute atomic E-state index is 5.95. The van der Waals surface area contributed by atoms with Crippen molar-refractivity contribution in [2.24, 2.45) is 0 Å². The minimum atomic E-state index is 0.554. The van der Waals surface area contributed by atoms with E-state index in [-0.39, 0.29) is 0 Å². The van der Waals surface area contributed by atoms with Crippen molar-refractivity contribution in [1.82, 2.24) is 14.9 Å². The number of anilines is 2. The highest BCUT2D eigenvalue weighted by molar-refractivity contribution is 5.48. The molecule has 3 rings (SSSR count). The molecule has 1 aliphatic carbocycles. The van der Waals surface area contributed by atoms with E-state index >= 15 is 0 Å². The van der Waals surface area contributed by atoms with E-state index in [0.717, 1.165) is 37.8 Å². The van der Waals surface area contributed by atoms with E-state index in [1.165, 1.54) is 19.3 Å². The topological polar surface area (TPSA) is 58.3 Å². The van der Waals surface area contributed by atoms with Gasteiger partial charge in [-0.15, -0.1) is 0 Å². The predicted molar refractivity (Wildman–Crippen MR) is 82.0 cm³/mol. The van der Waals surface area contributed by atoms with Crippen molar-refractivity contribution in [2.45, 2.75) is 45.1 Å². The zero-order valence-electron chi connectivity index (χ0n) is 12.5. The van der Waals surface area contributed by atoms with Crippen LogP contribution in [0.2, 0.25) is 0 Å². The van der Waals surface area contributed by atoms with Crippen LogP contribution in [0.15, 0.2) is 6.07 Å². The van der Waals surface area contributed by atoms with Crippen LogP contribution in [0.1, 0.15) is 44.9 Å². The van der Waals surface area contributed by atoms with Gasteiger partial charge >= 0.3 is 0 Å². The summed E-state index contributed by atoms with van der Waals surface area (Å²) in [6, 6.07) is 2.57. The molecule has 1 atom stereocenters. The van der Waals surface area contributed by atoms with Crippen LogP contribution in [0, 0.1) is 0 Å². The van der Waals surface area contributed by atoms with Gasteiger partial charge in [0.05, 0.1) is 0 Å². The van der Waals surface area contributed by atoms with Gasteiger partial charge in [0, 0.05) is 31.1 Å². The molecule has 0 bridgehead atoms. The number of hydrogen-bond donors (Lipinski definition) is 1. The number of nitrogens with zero attached hydrogens (tertiary/aromatic N) is 4. The van der Waals surface area contributed by atoms with E-state index in [2.05, 4.69) is 28.6 Å². The first-order valence-electron chi connectivity index (χ1n) is 7.84. The van der Waals surface area contributed by atoms with Crippen LogP contribution in [0.25, 0.3) is 0 Å². The fourth-order valence-electron chi connectivity index (χ4n) is 3.15. The first kappa shape index (κ1) is 13.6. The Morgan fingerprint density at radius 1 is 1.25 bits per heavy atom. The third-order valence-electron chi connectivity index (χ3n) is 4.51. The lowest BCUT2D eigenvalue weighted by atomic mass is 10.2. The van der Waals surface area contributed by atoms with E-state index in [9.17, 15) is 0 Å². The normalized spacial score (nSPS) is 22.8. The van der Waals surface area contributed by atoms with Gasteiger partial charge in [-0.25, -0.2) is 9.97 Å². The second-order valence-corrected chi connectivity index (χ2v) is 5.89. The number of hydrogen-bond acceptors (Lipinski definition) is 5. The molecule has 110 valence electrons. The monoisotopic (exact) mass is 275 g/mol. The van der Waals surface area contributed by atoms with E-state index in [4.69, 9.17) is 10.7 Å². The second kappa shape index (κ2) is 5.56. The molecule has 1 saturated heterocycles. The summed E-state index contributed by atoms with van der Waals surface area (Å²) in [6.07, 6.45) is 3.64. The maximum Gasteiger partial charge on any atom is 0.136 e. The predicted octanol–water partition coefficient (Wildman–Crippen LogP) is 1.86. The summed E-state index contributed by atoms with van der Waals surface area (Å²) in [5.41, 5.74) is 5.95. The molecule has 0 spiro atoms. The molecular formula is C15H25N5. The molecule has 1 aromatic rings. The summed E-state index contributed by atoms with van der Waals surface area (Å²) in [5, 5.41) is 0. The van der Waals surface area contributed by atoms with Crippen LogP contribution in [0.5, 0.6) is 0 Å². The van der Waals surface area contributed by atoms with Gasteiger partial charge in [0.1, 0.15) is 17.5 Å². The first-order chi connectivity index (χ1) is 9.71. The molecule has 1 aliphatic heterocycles. The Morgan fingerprint density at radius 3 is 2.65 bits per heavy atom. The van der Waals surface area contributed by atoms with Gasteiger partial charge in [-0.1, -0.05) is 13.8 Å². The van der Waals surface area contributed by atoms with Gasteiger partial charge in [-0.2, -0.15) is 0 Å². The molecule has 20 heavy (non-hydrogen) atoms. The fraction of sp³-hybridized carbons (Fsp3) is 0.733. The van der Waals surface area contributed by atoms with E-state index in [0.29, 0.717) is 17.8 Å². The van der Waals surface area contributed by atoms with Crippen molar-refractivity contribution >= 4 is 11.6 Å². The maximum atomic E-state index is 5.95. The Labute approximate surface area is 121 Å². The van der Waals surface area contributed by atoms with Crippen molar-refractivity contribution < 1.29 is 0 Å². The average Bonchev–Trinajstić information content (AvgIpc) is 3.19. The SMILES string of the molecule is CCN(CC)C1CCN(c2cc(N)nc(C3CC3)n2)C1. The van der Waals surface area contributed by atoms with Crippen LogP contribution in [0.3, 0.4) is 0 Å². The highest BCUT2D eigenvalue weighted by Crippen LogP contribution is 2.39. The fourth-order valence-corrected chi connectivity index (χ4v) is 3.15. The van der Waals surface area contributed by atoms with Gasteiger partial charge in [0.15, 0.2) is 0 Å². The smallest absolute Gasteiger partial charge is 0.136 e. The quantitative estimate of drug-likeness (QED) is 0.889. The van der Waals surface area contributed by atoms with E-state index in [1.807, 2.05) is 6.07 Å². The summed E-state index contributed by atoms with van der Waals surface area (Å²) in [5.74, 6) is 3.14. The molecule has 2 N–H and O–H groups in total. The Balaban J connectivity index is 1.74. The second-order valence-electron chi connectivity index (χ2n) is 5.89. The molecule has 5 nitrogen and oxygen atoms in total. The number of aromatic nitrogens is 2. The van der Waals surface area contributed by atoms with Gasteiger partial charge in [-0.3, -0.25) is 4.90 Å². The summed E-state index contributed by atoms with van der Waals surface area (Å²) in [7, 11) is 0. The molecule has 1 saturated carbocycles.